The molecule has 0 N–H and O–H groups in total. The predicted octanol–water partition coefficient (Wildman–Crippen LogP) is 2.01. The highest BCUT2D eigenvalue weighted by Gasteiger charge is 2.31. The van der Waals surface area contributed by atoms with Crippen molar-refractivity contribution in [2.24, 2.45) is 0 Å². The first kappa shape index (κ1) is 12.8. The molecule has 0 aromatic heterocycles. The van der Waals surface area contributed by atoms with Crippen LogP contribution >= 0.6 is 0 Å². The second kappa shape index (κ2) is 5.35. The van der Waals surface area contributed by atoms with E-state index in [0.717, 1.165) is 10.6 Å². The molecule has 0 saturated carbocycles. The fraction of sp³-hybridized carbons (Fsp3) is 0.308. The SMILES string of the molecule is COC(=O)CC1C=C(C)S(=O)N1c1ccccc1. The molecule has 0 bridgehead atoms. The summed E-state index contributed by atoms with van der Waals surface area (Å²) in [7, 11) is 0.141. The Labute approximate surface area is 109 Å². The molecule has 2 atom stereocenters. The summed E-state index contributed by atoms with van der Waals surface area (Å²) in [6.45, 7) is 1.81. The lowest BCUT2D eigenvalue weighted by Crippen LogP contribution is -2.32. The van der Waals surface area contributed by atoms with Gasteiger partial charge in [0.25, 0.3) is 0 Å². The Hall–Kier alpha value is -1.62. The van der Waals surface area contributed by atoms with Crippen molar-refractivity contribution in [1.82, 2.24) is 0 Å². The van der Waals surface area contributed by atoms with E-state index in [1.807, 2.05) is 43.3 Å². The van der Waals surface area contributed by atoms with E-state index in [0.29, 0.717) is 0 Å². The number of ether oxygens (including phenoxy) is 1. The maximum absolute atomic E-state index is 12.2. The van der Waals surface area contributed by atoms with E-state index in [-0.39, 0.29) is 18.4 Å². The van der Waals surface area contributed by atoms with Gasteiger partial charge in [-0.3, -0.25) is 9.10 Å². The van der Waals surface area contributed by atoms with Crippen LogP contribution in [0.25, 0.3) is 0 Å². The van der Waals surface area contributed by atoms with Crippen LogP contribution in [-0.2, 0) is 20.5 Å². The molecule has 1 aromatic carbocycles. The maximum atomic E-state index is 12.2. The van der Waals surface area contributed by atoms with Crippen LogP contribution in [0.15, 0.2) is 41.3 Å². The van der Waals surface area contributed by atoms with Gasteiger partial charge in [-0.15, -0.1) is 0 Å². The quantitative estimate of drug-likeness (QED) is 0.785. The van der Waals surface area contributed by atoms with E-state index in [9.17, 15) is 9.00 Å². The summed E-state index contributed by atoms with van der Waals surface area (Å²) >= 11 is 0. The average Bonchev–Trinajstić information content (AvgIpc) is 2.66. The molecular formula is C13H15NO3S. The zero-order chi connectivity index (χ0) is 13.1. The minimum Gasteiger partial charge on any atom is -0.469 e. The molecule has 1 aromatic rings. The van der Waals surface area contributed by atoms with Gasteiger partial charge in [0.15, 0.2) is 0 Å². The van der Waals surface area contributed by atoms with Crippen LogP contribution in [0.1, 0.15) is 13.3 Å². The molecule has 0 fully saturated rings. The van der Waals surface area contributed by atoms with Gasteiger partial charge in [0.1, 0.15) is 11.0 Å². The standard InChI is InChI=1S/C13H15NO3S/c1-10-8-12(9-13(15)17-2)14(18(10)16)11-6-4-3-5-7-11/h3-8,12H,9H2,1-2H3. The number of para-hydroxylation sites is 1. The molecule has 5 heteroatoms. The van der Waals surface area contributed by atoms with Crippen LogP contribution in [0.3, 0.4) is 0 Å². The Morgan fingerprint density at radius 3 is 2.67 bits per heavy atom. The van der Waals surface area contributed by atoms with Crippen molar-refractivity contribution in [2.75, 3.05) is 11.4 Å². The average molecular weight is 265 g/mol. The smallest absolute Gasteiger partial charge is 0.307 e. The third-order valence-corrected chi connectivity index (χ3v) is 4.32. The van der Waals surface area contributed by atoms with Gasteiger partial charge >= 0.3 is 5.97 Å². The molecule has 1 aliphatic rings. The van der Waals surface area contributed by atoms with Crippen molar-refractivity contribution in [1.29, 1.82) is 0 Å². The third kappa shape index (κ3) is 2.46. The lowest BCUT2D eigenvalue weighted by atomic mass is 10.1. The Bertz CT molecular complexity index is 498. The van der Waals surface area contributed by atoms with Crippen LogP contribution in [-0.4, -0.2) is 23.3 Å². The van der Waals surface area contributed by atoms with Gasteiger partial charge in [0.05, 0.1) is 25.3 Å². The zero-order valence-corrected chi connectivity index (χ0v) is 11.1. The lowest BCUT2D eigenvalue weighted by molar-refractivity contribution is -0.140. The van der Waals surface area contributed by atoms with Crippen molar-refractivity contribution in [3.05, 3.63) is 41.3 Å². The Balaban J connectivity index is 2.27. The molecule has 1 heterocycles. The van der Waals surface area contributed by atoms with Gasteiger partial charge in [-0.1, -0.05) is 18.2 Å². The molecule has 0 saturated heterocycles. The number of allylic oxidation sites excluding steroid dienone is 1. The van der Waals surface area contributed by atoms with E-state index in [4.69, 9.17) is 0 Å². The van der Waals surface area contributed by atoms with Gasteiger partial charge in [0.2, 0.25) is 0 Å². The number of carbonyl (C=O) groups is 1. The van der Waals surface area contributed by atoms with Crippen LogP contribution in [0.5, 0.6) is 0 Å². The van der Waals surface area contributed by atoms with E-state index >= 15 is 0 Å². The number of methoxy groups -OCH3 is 1. The van der Waals surface area contributed by atoms with Crippen molar-refractivity contribution in [3.63, 3.8) is 0 Å². The van der Waals surface area contributed by atoms with Crippen LogP contribution in [0.4, 0.5) is 5.69 Å². The summed E-state index contributed by atoms with van der Waals surface area (Å²) in [5, 5.41) is 0. The van der Waals surface area contributed by atoms with Gasteiger partial charge in [-0.05, 0) is 25.1 Å². The molecule has 0 amide bonds. The molecule has 96 valence electrons. The third-order valence-electron chi connectivity index (χ3n) is 2.80. The molecule has 4 nitrogen and oxygen atoms in total. The fourth-order valence-electron chi connectivity index (χ4n) is 1.93. The number of anilines is 1. The van der Waals surface area contributed by atoms with Crippen LogP contribution < -0.4 is 4.31 Å². The van der Waals surface area contributed by atoms with Crippen LogP contribution in [0, 0.1) is 0 Å². The van der Waals surface area contributed by atoms with E-state index in [2.05, 4.69) is 4.74 Å². The summed E-state index contributed by atoms with van der Waals surface area (Å²) in [5.74, 6) is -0.302. The first-order valence-corrected chi connectivity index (χ1v) is 6.75. The van der Waals surface area contributed by atoms with Crippen molar-refractivity contribution in [3.8, 4) is 0 Å². The second-order valence-corrected chi connectivity index (χ2v) is 5.57. The van der Waals surface area contributed by atoms with Crippen molar-refractivity contribution < 1.29 is 13.7 Å². The van der Waals surface area contributed by atoms with Gasteiger partial charge in [0, 0.05) is 4.91 Å². The van der Waals surface area contributed by atoms with Crippen molar-refractivity contribution >= 4 is 22.6 Å². The number of hydrogen-bond donors (Lipinski definition) is 0. The zero-order valence-electron chi connectivity index (χ0n) is 10.3. The maximum Gasteiger partial charge on any atom is 0.307 e. The fourth-order valence-corrected chi connectivity index (χ4v) is 3.21. The minimum atomic E-state index is -1.22. The second-order valence-electron chi connectivity index (χ2n) is 4.04. The predicted molar refractivity (Wildman–Crippen MR) is 71.2 cm³/mol. The van der Waals surface area contributed by atoms with Crippen LogP contribution in [0.2, 0.25) is 0 Å². The molecule has 1 aliphatic heterocycles. The van der Waals surface area contributed by atoms with Gasteiger partial charge in [-0.2, -0.15) is 0 Å². The number of rotatable bonds is 3. The first-order valence-electron chi connectivity index (χ1n) is 5.65. The van der Waals surface area contributed by atoms with E-state index < -0.39 is 11.0 Å². The van der Waals surface area contributed by atoms with Gasteiger partial charge < -0.3 is 4.74 Å². The summed E-state index contributed by atoms with van der Waals surface area (Å²) in [6, 6.07) is 9.23. The Kier molecular flexibility index (Phi) is 3.81. The lowest BCUT2D eigenvalue weighted by Gasteiger charge is -2.24. The number of esters is 1. The summed E-state index contributed by atoms with van der Waals surface area (Å²) in [5.41, 5.74) is 0.845. The van der Waals surface area contributed by atoms with Gasteiger partial charge in [-0.25, -0.2) is 4.21 Å². The molecule has 0 spiro atoms. The topological polar surface area (TPSA) is 46.6 Å². The first-order chi connectivity index (χ1) is 8.63. The normalized spacial score (nSPS) is 22.8. The number of hydrogen-bond acceptors (Lipinski definition) is 3. The summed E-state index contributed by atoms with van der Waals surface area (Å²) in [6.07, 6.45) is 2.06. The number of nitrogens with zero attached hydrogens (tertiary/aromatic N) is 1. The molecule has 0 radical (unpaired) electrons. The van der Waals surface area contributed by atoms with E-state index in [1.165, 1.54) is 7.11 Å². The Morgan fingerprint density at radius 2 is 2.06 bits per heavy atom. The van der Waals surface area contributed by atoms with E-state index in [1.54, 1.807) is 4.31 Å². The number of carbonyl (C=O) groups excluding carboxylic acids is 1. The largest absolute Gasteiger partial charge is 0.469 e. The molecule has 2 rings (SSSR count). The highest BCUT2D eigenvalue weighted by molar-refractivity contribution is 7.90. The highest BCUT2D eigenvalue weighted by Crippen LogP contribution is 2.30. The molecular weight excluding hydrogens is 250 g/mol. The molecule has 0 aliphatic carbocycles. The number of benzene rings is 1. The highest BCUT2D eigenvalue weighted by atomic mass is 32.2. The monoisotopic (exact) mass is 265 g/mol. The Morgan fingerprint density at radius 1 is 1.39 bits per heavy atom. The minimum absolute atomic E-state index is 0.203. The molecule has 18 heavy (non-hydrogen) atoms. The summed E-state index contributed by atoms with van der Waals surface area (Å²) in [4.78, 5) is 12.2. The summed E-state index contributed by atoms with van der Waals surface area (Å²) < 4.78 is 18.6. The molecule has 2 unspecified atom stereocenters. The van der Waals surface area contributed by atoms with Crippen molar-refractivity contribution in [2.45, 2.75) is 19.4 Å².